The van der Waals surface area contributed by atoms with Crippen LogP contribution >= 0.6 is 0 Å². The maximum absolute atomic E-state index is 11.5. The molecule has 1 fully saturated rings. The van der Waals surface area contributed by atoms with Gasteiger partial charge in [0.15, 0.2) is 5.82 Å². The third kappa shape index (κ3) is 3.55. The summed E-state index contributed by atoms with van der Waals surface area (Å²) in [5.41, 5.74) is 7.13. The number of ether oxygens (including phenoxy) is 1. The molecule has 3 heterocycles. The number of carbonyl (C=O) groups excluding carboxylic acids is 1. The Morgan fingerprint density at radius 2 is 1.80 bits per heavy atom. The molecule has 0 amide bonds. The van der Waals surface area contributed by atoms with E-state index < -0.39 is 0 Å². The molecule has 0 spiro atoms. The summed E-state index contributed by atoms with van der Waals surface area (Å²) in [6.45, 7) is 2.32. The molecular formula is C30H25N3O2. The average Bonchev–Trinajstić information content (AvgIpc) is 3.55. The molecule has 2 aliphatic rings. The Hall–Kier alpha value is -4.12. The first-order valence-corrected chi connectivity index (χ1v) is 12.3. The molecule has 5 nitrogen and oxygen atoms in total. The van der Waals surface area contributed by atoms with E-state index in [4.69, 9.17) is 9.72 Å². The molecule has 1 aliphatic carbocycles. The van der Waals surface area contributed by atoms with Crippen LogP contribution in [0.25, 0.3) is 45.6 Å². The first kappa shape index (κ1) is 20.3. The molecule has 5 aromatic rings. The van der Waals surface area contributed by atoms with E-state index in [1.165, 1.54) is 34.9 Å². The van der Waals surface area contributed by atoms with Crippen LogP contribution in [0.4, 0.5) is 0 Å². The largest absolute Gasteiger partial charge is 0.489 e. The molecule has 0 bridgehead atoms. The normalized spacial score (nSPS) is 15.2. The maximum atomic E-state index is 11.5. The van der Waals surface area contributed by atoms with E-state index in [1.54, 1.807) is 0 Å². The van der Waals surface area contributed by atoms with Gasteiger partial charge in [0.2, 0.25) is 0 Å². The Balaban J connectivity index is 1.38. The molecule has 3 aromatic carbocycles. The fourth-order valence-electron chi connectivity index (χ4n) is 5.18. The Kier molecular flexibility index (Phi) is 4.62. The predicted octanol–water partition coefficient (Wildman–Crippen LogP) is 6.44. The molecule has 35 heavy (non-hydrogen) atoms. The molecule has 1 aliphatic heterocycles. The summed E-state index contributed by atoms with van der Waals surface area (Å²) in [4.78, 5) is 16.5. The highest BCUT2D eigenvalue weighted by Gasteiger charge is 2.27. The highest BCUT2D eigenvalue weighted by molar-refractivity contribution is 5.94. The second kappa shape index (κ2) is 7.98. The lowest BCUT2D eigenvalue weighted by molar-refractivity contribution is 0.112. The van der Waals surface area contributed by atoms with Gasteiger partial charge in [-0.25, -0.2) is 4.98 Å². The van der Waals surface area contributed by atoms with Gasteiger partial charge < -0.3 is 13.9 Å². The first-order valence-electron chi connectivity index (χ1n) is 12.3. The molecule has 0 unspecified atom stereocenters. The number of hydrogen-bond donors (Lipinski definition) is 0. The SMILES string of the molecule is O=Cc1cc2c3c(c1)nc(-c1cc4cc(C=Cc5ccccc5)ccc4n1CC1CC1)n3CCO2. The third-order valence-electron chi connectivity index (χ3n) is 7.10. The van der Waals surface area contributed by atoms with E-state index in [9.17, 15) is 4.79 Å². The van der Waals surface area contributed by atoms with Gasteiger partial charge in [-0.05, 0) is 60.2 Å². The van der Waals surface area contributed by atoms with Gasteiger partial charge in [-0.3, -0.25) is 4.79 Å². The number of aldehydes is 1. The zero-order chi connectivity index (χ0) is 23.4. The number of benzene rings is 3. The third-order valence-corrected chi connectivity index (χ3v) is 7.10. The number of nitrogens with zero attached hydrogens (tertiary/aromatic N) is 3. The van der Waals surface area contributed by atoms with Crippen molar-refractivity contribution in [1.82, 2.24) is 14.1 Å². The van der Waals surface area contributed by atoms with Crippen molar-refractivity contribution >= 4 is 40.4 Å². The number of rotatable bonds is 6. The first-order chi connectivity index (χ1) is 17.3. The maximum Gasteiger partial charge on any atom is 0.158 e. The molecule has 0 radical (unpaired) electrons. The van der Waals surface area contributed by atoms with Crippen LogP contribution in [-0.4, -0.2) is 27.0 Å². The standard InChI is InChI=1S/C30H25N3O2/c34-19-23-15-25-29-28(16-23)35-13-12-32(29)30(31-25)27-17-24-14-21(7-6-20-4-2-1-3-5-20)10-11-26(24)33(27)18-22-8-9-22/h1-7,10-11,14-17,19,22H,8-9,12-13,18H2. The second-order valence-electron chi connectivity index (χ2n) is 9.59. The zero-order valence-corrected chi connectivity index (χ0v) is 19.4. The van der Waals surface area contributed by atoms with E-state index in [2.05, 4.69) is 69.8 Å². The minimum Gasteiger partial charge on any atom is -0.489 e. The van der Waals surface area contributed by atoms with E-state index in [0.29, 0.717) is 12.2 Å². The topological polar surface area (TPSA) is 49.0 Å². The predicted molar refractivity (Wildman–Crippen MR) is 140 cm³/mol. The lowest BCUT2D eigenvalue weighted by Gasteiger charge is -2.19. The number of hydrogen-bond acceptors (Lipinski definition) is 3. The highest BCUT2D eigenvalue weighted by atomic mass is 16.5. The summed E-state index contributed by atoms with van der Waals surface area (Å²) in [5.74, 6) is 2.42. The van der Waals surface area contributed by atoms with Crippen LogP contribution < -0.4 is 4.74 Å². The molecule has 0 saturated heterocycles. The summed E-state index contributed by atoms with van der Waals surface area (Å²) in [5, 5.41) is 1.22. The van der Waals surface area contributed by atoms with Gasteiger partial charge in [0.05, 0.1) is 17.8 Å². The fraction of sp³-hybridized carbons (Fsp3) is 0.200. The van der Waals surface area contributed by atoms with E-state index in [1.807, 2.05) is 18.2 Å². The molecule has 172 valence electrons. The van der Waals surface area contributed by atoms with Gasteiger partial charge in [-0.1, -0.05) is 48.6 Å². The van der Waals surface area contributed by atoms with E-state index in [0.717, 1.165) is 53.6 Å². The van der Waals surface area contributed by atoms with Gasteiger partial charge in [-0.15, -0.1) is 0 Å². The van der Waals surface area contributed by atoms with Crippen molar-refractivity contribution in [3.63, 3.8) is 0 Å². The molecule has 1 saturated carbocycles. The van der Waals surface area contributed by atoms with Crippen LogP contribution in [0.2, 0.25) is 0 Å². The molecular weight excluding hydrogens is 434 g/mol. The number of imidazole rings is 1. The van der Waals surface area contributed by atoms with Gasteiger partial charge in [0.1, 0.15) is 24.2 Å². The minimum atomic E-state index is 0.574. The van der Waals surface area contributed by atoms with Crippen LogP contribution in [0.1, 0.15) is 34.3 Å². The monoisotopic (exact) mass is 459 g/mol. The van der Waals surface area contributed by atoms with Crippen LogP contribution in [-0.2, 0) is 13.1 Å². The van der Waals surface area contributed by atoms with Crippen LogP contribution in [0, 0.1) is 5.92 Å². The number of aromatic nitrogens is 3. The Bertz CT molecular complexity index is 1620. The lowest BCUT2D eigenvalue weighted by Crippen LogP contribution is -2.16. The van der Waals surface area contributed by atoms with E-state index in [-0.39, 0.29) is 0 Å². The van der Waals surface area contributed by atoms with Crippen molar-refractivity contribution in [2.75, 3.05) is 6.61 Å². The lowest BCUT2D eigenvalue weighted by atomic mass is 10.1. The summed E-state index contributed by atoms with van der Waals surface area (Å²) >= 11 is 0. The van der Waals surface area contributed by atoms with Crippen molar-refractivity contribution in [2.24, 2.45) is 5.92 Å². The Labute approximate surface area is 203 Å². The summed E-state index contributed by atoms with van der Waals surface area (Å²) in [6.07, 6.45) is 7.76. The zero-order valence-electron chi connectivity index (χ0n) is 19.4. The molecule has 0 atom stereocenters. The number of carbonyl (C=O) groups is 1. The van der Waals surface area contributed by atoms with Crippen molar-refractivity contribution in [1.29, 1.82) is 0 Å². The quantitative estimate of drug-likeness (QED) is 0.217. The van der Waals surface area contributed by atoms with Crippen LogP contribution in [0.5, 0.6) is 5.75 Å². The van der Waals surface area contributed by atoms with Crippen LogP contribution in [0.15, 0.2) is 66.7 Å². The smallest absolute Gasteiger partial charge is 0.158 e. The summed E-state index contributed by atoms with van der Waals surface area (Å²) in [6, 6.07) is 23.0. The number of fused-ring (bicyclic) bond motifs is 1. The van der Waals surface area contributed by atoms with Crippen LogP contribution in [0.3, 0.4) is 0 Å². The van der Waals surface area contributed by atoms with Gasteiger partial charge in [0.25, 0.3) is 0 Å². The fourth-order valence-corrected chi connectivity index (χ4v) is 5.18. The summed E-state index contributed by atoms with van der Waals surface area (Å²) in [7, 11) is 0. The molecule has 2 aromatic heterocycles. The molecule has 7 rings (SSSR count). The second-order valence-corrected chi connectivity index (χ2v) is 9.59. The van der Waals surface area contributed by atoms with E-state index >= 15 is 0 Å². The van der Waals surface area contributed by atoms with Gasteiger partial charge in [-0.2, -0.15) is 0 Å². The van der Waals surface area contributed by atoms with Gasteiger partial charge in [0, 0.05) is 23.0 Å². The van der Waals surface area contributed by atoms with Crippen molar-refractivity contribution in [2.45, 2.75) is 25.9 Å². The summed E-state index contributed by atoms with van der Waals surface area (Å²) < 4.78 is 10.6. The molecule has 5 heteroatoms. The average molecular weight is 460 g/mol. The van der Waals surface area contributed by atoms with Gasteiger partial charge >= 0.3 is 0 Å². The van der Waals surface area contributed by atoms with Crippen molar-refractivity contribution in [3.8, 4) is 17.3 Å². The van der Waals surface area contributed by atoms with Crippen molar-refractivity contribution < 1.29 is 9.53 Å². The highest BCUT2D eigenvalue weighted by Crippen LogP contribution is 2.39. The Morgan fingerprint density at radius 1 is 0.943 bits per heavy atom. The molecule has 0 N–H and O–H groups in total. The Morgan fingerprint density at radius 3 is 2.63 bits per heavy atom. The minimum absolute atomic E-state index is 0.574. The van der Waals surface area contributed by atoms with Crippen molar-refractivity contribution in [3.05, 3.63) is 83.4 Å².